The number of halogens is 1. The van der Waals surface area contributed by atoms with Gasteiger partial charge in [-0.2, -0.15) is 0 Å². The Bertz CT molecular complexity index is 553. The summed E-state index contributed by atoms with van der Waals surface area (Å²) in [5, 5.41) is 3.25. The number of nitrogens with zero attached hydrogens (tertiary/aromatic N) is 2. The van der Waals surface area contributed by atoms with Gasteiger partial charge in [-0.1, -0.05) is 15.9 Å². The molecule has 4 N–H and O–H groups in total. The summed E-state index contributed by atoms with van der Waals surface area (Å²) < 4.78 is 1.04. The molecule has 0 saturated heterocycles. The molecule has 0 unspecified atom stereocenters. The maximum Gasteiger partial charge on any atom is 0.148 e. The predicted octanol–water partition coefficient (Wildman–Crippen LogP) is 2.89. The van der Waals surface area contributed by atoms with Crippen LogP contribution in [0.25, 0.3) is 0 Å². The highest BCUT2D eigenvalue weighted by atomic mass is 79.9. The number of hydrogen-bond acceptors (Lipinski definition) is 5. The van der Waals surface area contributed by atoms with E-state index < -0.39 is 0 Å². The summed E-state index contributed by atoms with van der Waals surface area (Å²) in [6.07, 6.45) is 0. The van der Waals surface area contributed by atoms with Gasteiger partial charge in [0.25, 0.3) is 0 Å². The second-order valence-corrected chi connectivity index (χ2v) is 4.78. The van der Waals surface area contributed by atoms with Crippen LogP contribution in [0.2, 0.25) is 0 Å². The third-order valence-corrected chi connectivity index (χ3v) is 3.03. The number of benzene rings is 1. The summed E-state index contributed by atoms with van der Waals surface area (Å²) >= 11 is 3.40. The molecule has 0 aliphatic carbocycles. The van der Waals surface area contributed by atoms with E-state index in [-0.39, 0.29) is 0 Å². The minimum absolute atomic E-state index is 0.627. The molecule has 2 rings (SSSR count). The second kappa shape index (κ2) is 5.32. The third kappa shape index (κ3) is 2.77. The van der Waals surface area contributed by atoms with Gasteiger partial charge in [-0.15, -0.1) is 0 Å². The van der Waals surface area contributed by atoms with Crippen molar-refractivity contribution < 1.29 is 0 Å². The van der Waals surface area contributed by atoms with E-state index in [0.29, 0.717) is 11.6 Å². The minimum Gasteiger partial charge on any atom is -0.340 e. The molecular formula is C12H14BrN5. The monoisotopic (exact) mass is 307 g/mol. The van der Waals surface area contributed by atoms with Crippen molar-refractivity contribution in [1.29, 1.82) is 0 Å². The van der Waals surface area contributed by atoms with Gasteiger partial charge in [0.2, 0.25) is 0 Å². The topological polar surface area (TPSA) is 75.9 Å². The van der Waals surface area contributed by atoms with Gasteiger partial charge >= 0.3 is 0 Å². The minimum atomic E-state index is 0.627. The van der Waals surface area contributed by atoms with E-state index in [2.05, 4.69) is 36.6 Å². The van der Waals surface area contributed by atoms with E-state index in [1.165, 1.54) is 0 Å². The molecule has 0 spiro atoms. The van der Waals surface area contributed by atoms with Crippen LogP contribution < -0.4 is 16.6 Å². The Balaban J connectivity index is 2.34. The van der Waals surface area contributed by atoms with E-state index in [1.54, 1.807) is 0 Å². The third-order valence-electron chi connectivity index (χ3n) is 2.50. The lowest BCUT2D eigenvalue weighted by molar-refractivity contribution is 1.03. The van der Waals surface area contributed by atoms with Crippen molar-refractivity contribution in [1.82, 2.24) is 9.97 Å². The van der Waals surface area contributed by atoms with Crippen LogP contribution in [0.1, 0.15) is 11.4 Å². The molecule has 1 aromatic heterocycles. The van der Waals surface area contributed by atoms with Crippen LogP contribution in [0.4, 0.5) is 17.3 Å². The summed E-state index contributed by atoms with van der Waals surface area (Å²) in [5.74, 6) is 7.46. The normalized spacial score (nSPS) is 10.2. The Labute approximate surface area is 114 Å². The van der Waals surface area contributed by atoms with Gasteiger partial charge in [0.15, 0.2) is 0 Å². The Hall–Kier alpha value is -1.66. The number of nitrogens with one attached hydrogen (secondary N) is 2. The molecule has 0 amide bonds. The number of nitrogens with two attached hydrogens (primary N) is 1. The van der Waals surface area contributed by atoms with Crippen LogP contribution in [0.3, 0.4) is 0 Å². The van der Waals surface area contributed by atoms with Gasteiger partial charge < -0.3 is 10.7 Å². The number of nitrogen functional groups attached to an aromatic ring is 1. The molecule has 0 bridgehead atoms. The summed E-state index contributed by atoms with van der Waals surface area (Å²) in [6.45, 7) is 3.74. The second-order valence-electron chi connectivity index (χ2n) is 3.87. The molecule has 18 heavy (non-hydrogen) atoms. The standard InChI is InChI=1S/C12H14BrN5/c1-7-11(15-8(2)16-12(7)18-14)17-10-5-3-9(13)4-6-10/h3-6H,14H2,1-2H3,(H2,15,16,17,18). The number of hydrogen-bond donors (Lipinski definition) is 3. The Morgan fingerprint density at radius 3 is 2.28 bits per heavy atom. The van der Waals surface area contributed by atoms with Gasteiger partial charge in [-0.05, 0) is 38.1 Å². The lowest BCUT2D eigenvalue weighted by Gasteiger charge is -2.12. The molecule has 0 aliphatic heterocycles. The maximum absolute atomic E-state index is 5.43. The van der Waals surface area contributed by atoms with E-state index >= 15 is 0 Å². The lowest BCUT2D eigenvalue weighted by atomic mass is 10.2. The molecule has 2 aromatic rings. The molecule has 94 valence electrons. The van der Waals surface area contributed by atoms with Crippen LogP contribution in [-0.4, -0.2) is 9.97 Å². The van der Waals surface area contributed by atoms with Gasteiger partial charge in [0.05, 0.1) is 0 Å². The fraction of sp³-hybridized carbons (Fsp3) is 0.167. The number of aryl methyl sites for hydroxylation is 1. The van der Waals surface area contributed by atoms with E-state index in [4.69, 9.17) is 5.84 Å². The molecule has 0 atom stereocenters. The molecule has 0 saturated carbocycles. The Kier molecular flexibility index (Phi) is 3.78. The van der Waals surface area contributed by atoms with Crippen molar-refractivity contribution in [3.63, 3.8) is 0 Å². The molecule has 1 heterocycles. The van der Waals surface area contributed by atoms with Crippen LogP contribution in [0.5, 0.6) is 0 Å². The first-order chi connectivity index (χ1) is 8.60. The summed E-state index contributed by atoms with van der Waals surface area (Å²) in [7, 11) is 0. The average molecular weight is 308 g/mol. The van der Waals surface area contributed by atoms with Gasteiger partial charge in [-0.25, -0.2) is 15.8 Å². The first-order valence-corrected chi connectivity index (χ1v) is 6.24. The summed E-state index contributed by atoms with van der Waals surface area (Å²) in [4.78, 5) is 8.58. The molecule has 0 aliphatic rings. The molecule has 6 heteroatoms. The van der Waals surface area contributed by atoms with Crippen LogP contribution in [0, 0.1) is 13.8 Å². The Morgan fingerprint density at radius 1 is 1.06 bits per heavy atom. The zero-order chi connectivity index (χ0) is 13.1. The van der Waals surface area contributed by atoms with E-state index in [1.807, 2.05) is 38.1 Å². The highest BCUT2D eigenvalue weighted by molar-refractivity contribution is 9.10. The zero-order valence-corrected chi connectivity index (χ0v) is 11.7. The highest BCUT2D eigenvalue weighted by Crippen LogP contribution is 2.23. The first-order valence-electron chi connectivity index (χ1n) is 5.44. The summed E-state index contributed by atoms with van der Waals surface area (Å²) in [6, 6.07) is 7.87. The molecular weight excluding hydrogens is 294 g/mol. The molecule has 5 nitrogen and oxygen atoms in total. The van der Waals surface area contributed by atoms with Gasteiger partial charge in [-0.3, -0.25) is 0 Å². The molecule has 1 aromatic carbocycles. The number of aromatic nitrogens is 2. The van der Waals surface area contributed by atoms with Gasteiger partial charge in [0, 0.05) is 15.7 Å². The van der Waals surface area contributed by atoms with Crippen molar-refractivity contribution in [2.75, 3.05) is 10.7 Å². The molecule has 0 fully saturated rings. The number of anilines is 3. The van der Waals surface area contributed by atoms with Crippen molar-refractivity contribution in [2.45, 2.75) is 13.8 Å². The maximum atomic E-state index is 5.43. The first kappa shape index (κ1) is 12.8. The van der Waals surface area contributed by atoms with E-state index in [0.717, 1.165) is 21.5 Å². The summed E-state index contributed by atoms with van der Waals surface area (Å²) in [5.41, 5.74) is 4.41. The lowest BCUT2D eigenvalue weighted by Crippen LogP contribution is -2.13. The van der Waals surface area contributed by atoms with Crippen molar-refractivity contribution in [3.05, 3.63) is 40.1 Å². The van der Waals surface area contributed by atoms with Crippen LogP contribution in [-0.2, 0) is 0 Å². The smallest absolute Gasteiger partial charge is 0.148 e. The van der Waals surface area contributed by atoms with Crippen molar-refractivity contribution >= 4 is 33.3 Å². The zero-order valence-electron chi connectivity index (χ0n) is 10.2. The quantitative estimate of drug-likeness (QED) is 0.600. The van der Waals surface area contributed by atoms with Crippen LogP contribution in [0.15, 0.2) is 28.7 Å². The Morgan fingerprint density at radius 2 is 1.67 bits per heavy atom. The highest BCUT2D eigenvalue weighted by Gasteiger charge is 2.08. The molecule has 0 radical (unpaired) electrons. The fourth-order valence-corrected chi connectivity index (χ4v) is 1.82. The van der Waals surface area contributed by atoms with E-state index in [9.17, 15) is 0 Å². The SMILES string of the molecule is Cc1nc(NN)c(C)c(Nc2ccc(Br)cc2)n1. The average Bonchev–Trinajstić information content (AvgIpc) is 2.36. The number of rotatable bonds is 3. The fourth-order valence-electron chi connectivity index (χ4n) is 1.56. The van der Waals surface area contributed by atoms with Crippen LogP contribution >= 0.6 is 15.9 Å². The number of hydrazine groups is 1. The van der Waals surface area contributed by atoms with Crippen molar-refractivity contribution in [3.8, 4) is 0 Å². The largest absolute Gasteiger partial charge is 0.340 e. The predicted molar refractivity (Wildman–Crippen MR) is 76.7 cm³/mol. The van der Waals surface area contributed by atoms with Crippen molar-refractivity contribution in [2.24, 2.45) is 5.84 Å². The van der Waals surface area contributed by atoms with Gasteiger partial charge in [0.1, 0.15) is 17.5 Å².